The van der Waals surface area contributed by atoms with Crippen LogP contribution in [0.2, 0.25) is 0 Å². The first kappa shape index (κ1) is 22.6. The highest BCUT2D eigenvalue weighted by Crippen LogP contribution is 2.38. The smallest absolute Gasteiger partial charge is 0.263 e. The van der Waals surface area contributed by atoms with Gasteiger partial charge in [-0.05, 0) is 78.4 Å². The van der Waals surface area contributed by atoms with Gasteiger partial charge in [-0.1, -0.05) is 18.2 Å². The van der Waals surface area contributed by atoms with E-state index in [-0.39, 0.29) is 17.4 Å². The molecule has 2 aliphatic heterocycles. The number of hydrogen-bond acceptors (Lipinski definition) is 4. The van der Waals surface area contributed by atoms with Crippen molar-refractivity contribution in [2.75, 3.05) is 13.1 Å². The topological polar surface area (TPSA) is 70.7 Å². The molecule has 6 nitrogen and oxygen atoms in total. The Morgan fingerprint density at radius 2 is 1.63 bits per heavy atom. The zero-order chi connectivity index (χ0) is 21.9. The summed E-state index contributed by atoms with van der Waals surface area (Å²) in [5.74, 6) is 1.15. The molecule has 2 saturated heterocycles. The number of ether oxygens (including phenoxy) is 1. The number of carbonyl (C=O) groups is 2. The first-order valence-corrected chi connectivity index (χ1v) is 11.1. The van der Waals surface area contributed by atoms with Crippen LogP contribution in [-0.2, 0) is 9.59 Å². The van der Waals surface area contributed by atoms with E-state index in [0.29, 0.717) is 36.8 Å². The molecule has 166 valence electrons. The van der Waals surface area contributed by atoms with E-state index in [4.69, 9.17) is 4.74 Å². The van der Waals surface area contributed by atoms with Crippen LogP contribution in [0, 0.1) is 5.92 Å². The van der Waals surface area contributed by atoms with E-state index >= 15 is 0 Å². The predicted molar refractivity (Wildman–Crippen MR) is 118 cm³/mol. The number of para-hydroxylation sites is 1. The SMILES string of the molecule is CC(C)(C)NC(=O)CN1[C@@H]2CC[C@H]1CC(CNC(=O)C(C)(C)Oc1ccccc1)C2. The summed E-state index contributed by atoms with van der Waals surface area (Å²) < 4.78 is 5.89. The number of rotatable bonds is 7. The Balaban J connectivity index is 1.48. The number of hydrogen-bond donors (Lipinski definition) is 2. The number of carbonyl (C=O) groups excluding carboxylic acids is 2. The van der Waals surface area contributed by atoms with Crippen molar-refractivity contribution < 1.29 is 14.3 Å². The van der Waals surface area contributed by atoms with Gasteiger partial charge in [-0.2, -0.15) is 0 Å². The van der Waals surface area contributed by atoms with Gasteiger partial charge < -0.3 is 15.4 Å². The second-order valence-corrected chi connectivity index (χ2v) is 10.3. The summed E-state index contributed by atoms with van der Waals surface area (Å²) in [5, 5.41) is 6.18. The first-order chi connectivity index (χ1) is 14.0. The van der Waals surface area contributed by atoms with Crippen LogP contribution in [0.4, 0.5) is 0 Å². The molecule has 0 aromatic heterocycles. The highest BCUT2D eigenvalue weighted by Gasteiger charge is 2.42. The average Bonchev–Trinajstić information content (AvgIpc) is 2.87. The quantitative estimate of drug-likeness (QED) is 0.718. The molecule has 2 heterocycles. The molecule has 2 aliphatic rings. The third kappa shape index (κ3) is 5.97. The minimum Gasteiger partial charge on any atom is -0.478 e. The molecular weight excluding hydrogens is 378 g/mol. The first-order valence-electron chi connectivity index (χ1n) is 11.1. The van der Waals surface area contributed by atoms with E-state index in [1.165, 1.54) is 0 Å². The molecule has 0 spiro atoms. The van der Waals surface area contributed by atoms with Crippen LogP contribution in [0.15, 0.2) is 30.3 Å². The highest BCUT2D eigenvalue weighted by molar-refractivity contribution is 5.84. The maximum Gasteiger partial charge on any atom is 0.263 e. The summed E-state index contributed by atoms with van der Waals surface area (Å²) in [6.45, 7) is 10.8. The van der Waals surface area contributed by atoms with Crippen molar-refractivity contribution in [2.24, 2.45) is 5.92 Å². The molecule has 2 amide bonds. The van der Waals surface area contributed by atoms with E-state index in [0.717, 1.165) is 25.7 Å². The van der Waals surface area contributed by atoms with E-state index in [2.05, 4.69) is 15.5 Å². The summed E-state index contributed by atoms with van der Waals surface area (Å²) in [7, 11) is 0. The Hall–Kier alpha value is -2.08. The van der Waals surface area contributed by atoms with E-state index in [1.54, 1.807) is 13.8 Å². The van der Waals surface area contributed by atoms with Gasteiger partial charge in [0.25, 0.3) is 5.91 Å². The fourth-order valence-corrected chi connectivity index (χ4v) is 4.71. The number of nitrogens with zero attached hydrogens (tertiary/aromatic N) is 1. The van der Waals surface area contributed by atoms with Crippen molar-refractivity contribution >= 4 is 11.8 Å². The lowest BCUT2D eigenvalue weighted by atomic mass is 9.90. The molecule has 1 unspecified atom stereocenters. The molecule has 0 aliphatic carbocycles. The van der Waals surface area contributed by atoms with Crippen molar-refractivity contribution in [2.45, 2.75) is 83.5 Å². The van der Waals surface area contributed by atoms with Crippen molar-refractivity contribution in [1.82, 2.24) is 15.5 Å². The third-order valence-electron chi connectivity index (χ3n) is 6.04. The monoisotopic (exact) mass is 415 g/mol. The molecule has 3 atom stereocenters. The summed E-state index contributed by atoms with van der Waals surface area (Å²) in [6, 6.07) is 10.3. The van der Waals surface area contributed by atoms with Gasteiger partial charge in [-0.25, -0.2) is 0 Å². The standard InChI is InChI=1S/C24H37N3O3/c1-23(2,3)26-21(28)16-27-18-11-12-19(27)14-17(13-18)15-25-22(29)24(4,5)30-20-9-7-6-8-10-20/h6-10,17-19H,11-16H2,1-5H3,(H,25,29)(H,26,28)/t17?,18-,19+. The lowest BCUT2D eigenvalue weighted by Crippen LogP contribution is -2.53. The summed E-state index contributed by atoms with van der Waals surface area (Å²) >= 11 is 0. The van der Waals surface area contributed by atoms with Crippen LogP contribution in [0.3, 0.4) is 0 Å². The molecule has 0 radical (unpaired) electrons. The normalized spacial score (nSPS) is 24.4. The summed E-state index contributed by atoms with van der Waals surface area (Å²) in [4.78, 5) is 27.5. The van der Waals surface area contributed by atoms with Gasteiger partial charge >= 0.3 is 0 Å². The van der Waals surface area contributed by atoms with Crippen LogP contribution in [0.1, 0.15) is 60.3 Å². The fraction of sp³-hybridized carbons (Fsp3) is 0.667. The molecule has 2 N–H and O–H groups in total. The van der Waals surface area contributed by atoms with Crippen molar-refractivity contribution in [3.05, 3.63) is 30.3 Å². The second-order valence-electron chi connectivity index (χ2n) is 10.3. The lowest BCUT2D eigenvalue weighted by molar-refractivity contribution is -0.134. The number of fused-ring (bicyclic) bond motifs is 2. The molecule has 1 aromatic rings. The Morgan fingerprint density at radius 1 is 1.03 bits per heavy atom. The van der Waals surface area contributed by atoms with Gasteiger partial charge in [0, 0.05) is 24.2 Å². The summed E-state index contributed by atoms with van der Waals surface area (Å²) in [6.07, 6.45) is 4.33. The maximum absolute atomic E-state index is 12.7. The van der Waals surface area contributed by atoms with E-state index < -0.39 is 5.60 Å². The van der Waals surface area contributed by atoms with Crippen molar-refractivity contribution in [1.29, 1.82) is 0 Å². The number of amides is 2. The number of piperidine rings is 1. The zero-order valence-corrected chi connectivity index (χ0v) is 19.0. The molecule has 3 rings (SSSR count). The Kier molecular flexibility index (Phi) is 6.75. The molecule has 6 heteroatoms. The van der Waals surface area contributed by atoms with Gasteiger partial charge in [0.2, 0.25) is 5.91 Å². The fourth-order valence-electron chi connectivity index (χ4n) is 4.71. The second kappa shape index (κ2) is 8.96. The van der Waals surface area contributed by atoms with Crippen molar-refractivity contribution in [3.8, 4) is 5.75 Å². The molecular formula is C24H37N3O3. The van der Waals surface area contributed by atoms with E-state index in [9.17, 15) is 9.59 Å². The summed E-state index contributed by atoms with van der Waals surface area (Å²) in [5.41, 5.74) is -1.13. The Labute approximate surface area is 180 Å². The van der Waals surface area contributed by atoms with Crippen molar-refractivity contribution in [3.63, 3.8) is 0 Å². The van der Waals surface area contributed by atoms with Gasteiger partial charge in [-0.3, -0.25) is 14.5 Å². The number of benzene rings is 1. The van der Waals surface area contributed by atoms with Gasteiger partial charge in [0.05, 0.1) is 6.54 Å². The molecule has 0 saturated carbocycles. The largest absolute Gasteiger partial charge is 0.478 e. The molecule has 1 aromatic carbocycles. The van der Waals surface area contributed by atoms with Crippen LogP contribution in [-0.4, -0.2) is 53.0 Å². The van der Waals surface area contributed by atoms with E-state index in [1.807, 2.05) is 51.1 Å². The van der Waals surface area contributed by atoms with Crippen LogP contribution >= 0.6 is 0 Å². The molecule has 2 fully saturated rings. The van der Waals surface area contributed by atoms with Gasteiger partial charge in [0.15, 0.2) is 5.60 Å². The minimum absolute atomic E-state index is 0.0920. The highest BCUT2D eigenvalue weighted by atomic mass is 16.5. The predicted octanol–water partition coefficient (Wildman–Crippen LogP) is 3.12. The van der Waals surface area contributed by atoms with Gasteiger partial charge in [-0.15, -0.1) is 0 Å². The lowest BCUT2D eigenvalue weighted by Gasteiger charge is -2.39. The third-order valence-corrected chi connectivity index (χ3v) is 6.04. The maximum atomic E-state index is 12.7. The van der Waals surface area contributed by atoms with Crippen LogP contribution in [0.25, 0.3) is 0 Å². The minimum atomic E-state index is -0.925. The number of nitrogens with one attached hydrogen (secondary N) is 2. The van der Waals surface area contributed by atoms with Crippen LogP contribution < -0.4 is 15.4 Å². The van der Waals surface area contributed by atoms with Gasteiger partial charge in [0.1, 0.15) is 5.75 Å². The average molecular weight is 416 g/mol. The van der Waals surface area contributed by atoms with Crippen LogP contribution in [0.5, 0.6) is 5.75 Å². The Bertz CT molecular complexity index is 728. The molecule has 30 heavy (non-hydrogen) atoms. The zero-order valence-electron chi connectivity index (χ0n) is 19.0. The molecule has 2 bridgehead atoms. The Morgan fingerprint density at radius 3 is 2.20 bits per heavy atom.